The molecule has 1 heterocycles. The van der Waals surface area contributed by atoms with Crippen molar-refractivity contribution in [2.45, 2.75) is 18.2 Å². The first-order chi connectivity index (χ1) is 7.95. The smallest absolute Gasteiger partial charge is 0.242 e. The fourth-order valence-corrected chi connectivity index (χ4v) is 2.40. The molecule has 0 aromatic carbocycles. The van der Waals surface area contributed by atoms with Gasteiger partial charge < -0.3 is 5.73 Å². The summed E-state index contributed by atoms with van der Waals surface area (Å²) in [5.41, 5.74) is 5.36. The molecule has 7 heteroatoms. The molecule has 0 saturated heterocycles. The molecule has 96 valence electrons. The van der Waals surface area contributed by atoms with Crippen molar-refractivity contribution < 1.29 is 12.8 Å². The molecule has 0 aliphatic heterocycles. The van der Waals surface area contributed by atoms with Gasteiger partial charge in [-0.15, -0.1) is 0 Å². The molecular weight excluding hydrogens is 245 g/mol. The van der Waals surface area contributed by atoms with Gasteiger partial charge in [0.1, 0.15) is 10.7 Å². The van der Waals surface area contributed by atoms with Crippen LogP contribution < -0.4 is 10.5 Å². The molecule has 0 saturated carbocycles. The molecule has 5 nitrogen and oxygen atoms in total. The fraction of sp³-hybridized carbons (Fsp3) is 0.500. The van der Waals surface area contributed by atoms with Crippen LogP contribution in [0.25, 0.3) is 0 Å². The number of halogens is 1. The third-order valence-corrected chi connectivity index (χ3v) is 3.66. The predicted molar refractivity (Wildman–Crippen MR) is 62.2 cm³/mol. The molecule has 0 amide bonds. The second kappa shape index (κ2) is 6.04. The van der Waals surface area contributed by atoms with Crippen molar-refractivity contribution in [3.8, 4) is 0 Å². The van der Waals surface area contributed by atoms with E-state index >= 15 is 0 Å². The van der Waals surface area contributed by atoms with E-state index in [1.807, 2.05) is 6.92 Å². The third-order valence-electron chi connectivity index (χ3n) is 2.27. The topological polar surface area (TPSA) is 85.1 Å². The Morgan fingerprint density at radius 2 is 2.24 bits per heavy atom. The largest absolute Gasteiger partial charge is 0.330 e. The highest BCUT2D eigenvalue weighted by atomic mass is 32.2. The molecular formula is C10H16FN3O2S. The number of pyridine rings is 1. The highest BCUT2D eigenvalue weighted by Crippen LogP contribution is 2.09. The summed E-state index contributed by atoms with van der Waals surface area (Å²) in [6.45, 7) is 2.67. The molecule has 1 aromatic rings. The van der Waals surface area contributed by atoms with Gasteiger partial charge in [-0.1, -0.05) is 6.92 Å². The van der Waals surface area contributed by atoms with Gasteiger partial charge in [0.2, 0.25) is 10.0 Å². The van der Waals surface area contributed by atoms with Crippen LogP contribution in [0.15, 0.2) is 23.4 Å². The number of nitrogens with zero attached hydrogens (tertiary/aromatic N) is 1. The van der Waals surface area contributed by atoms with E-state index in [-0.39, 0.29) is 17.4 Å². The maximum atomic E-state index is 12.8. The lowest BCUT2D eigenvalue weighted by Gasteiger charge is -2.11. The molecule has 1 aromatic heterocycles. The van der Waals surface area contributed by atoms with Crippen molar-refractivity contribution in [2.75, 3.05) is 13.1 Å². The molecule has 1 unspecified atom stereocenters. The summed E-state index contributed by atoms with van der Waals surface area (Å²) in [4.78, 5) is 3.33. The van der Waals surface area contributed by atoms with Crippen LogP contribution in [0.5, 0.6) is 0 Å². The van der Waals surface area contributed by atoms with E-state index in [4.69, 9.17) is 5.73 Å². The van der Waals surface area contributed by atoms with Crippen molar-refractivity contribution >= 4 is 10.0 Å². The number of nitrogens with one attached hydrogen (secondary N) is 1. The number of hydrogen-bond acceptors (Lipinski definition) is 4. The average molecular weight is 261 g/mol. The van der Waals surface area contributed by atoms with Crippen LogP contribution in [0.3, 0.4) is 0 Å². The van der Waals surface area contributed by atoms with Crippen LogP contribution in [-0.2, 0) is 10.0 Å². The minimum atomic E-state index is -3.69. The minimum Gasteiger partial charge on any atom is -0.330 e. The van der Waals surface area contributed by atoms with Gasteiger partial charge in [0.05, 0.1) is 6.20 Å². The van der Waals surface area contributed by atoms with Gasteiger partial charge in [-0.3, -0.25) is 4.98 Å². The van der Waals surface area contributed by atoms with Gasteiger partial charge in [-0.2, -0.15) is 0 Å². The van der Waals surface area contributed by atoms with E-state index in [1.54, 1.807) is 0 Å². The monoisotopic (exact) mass is 261 g/mol. The molecule has 17 heavy (non-hydrogen) atoms. The summed E-state index contributed by atoms with van der Waals surface area (Å²) < 4.78 is 38.7. The van der Waals surface area contributed by atoms with Gasteiger partial charge >= 0.3 is 0 Å². The van der Waals surface area contributed by atoms with Crippen molar-refractivity contribution in [1.29, 1.82) is 0 Å². The van der Waals surface area contributed by atoms with E-state index in [1.165, 1.54) is 0 Å². The number of nitrogens with two attached hydrogens (primary N) is 1. The summed E-state index contributed by atoms with van der Waals surface area (Å²) in [5, 5.41) is 0. The Morgan fingerprint density at radius 3 is 2.82 bits per heavy atom. The number of sulfonamides is 1. The standard InChI is InChI=1S/C10H16FN3O2S/c1-8(2-3-12)5-14-17(15,16)10-4-9(11)6-13-7-10/h4,6-8,14H,2-3,5,12H2,1H3. The molecule has 0 aliphatic carbocycles. The number of rotatable bonds is 6. The first-order valence-corrected chi connectivity index (χ1v) is 6.74. The van der Waals surface area contributed by atoms with Crippen molar-refractivity contribution in [1.82, 2.24) is 9.71 Å². The van der Waals surface area contributed by atoms with E-state index in [0.29, 0.717) is 6.54 Å². The molecule has 1 atom stereocenters. The summed E-state index contributed by atoms with van der Waals surface area (Å²) in [5.74, 6) is -0.542. The number of aromatic nitrogens is 1. The fourth-order valence-electron chi connectivity index (χ4n) is 1.26. The van der Waals surface area contributed by atoms with E-state index in [9.17, 15) is 12.8 Å². The lowest BCUT2D eigenvalue weighted by Crippen LogP contribution is -2.29. The molecule has 0 fully saturated rings. The van der Waals surface area contributed by atoms with E-state index < -0.39 is 15.8 Å². The molecule has 1 rings (SSSR count). The van der Waals surface area contributed by atoms with Crippen LogP contribution >= 0.6 is 0 Å². The number of hydrogen-bond donors (Lipinski definition) is 2. The molecule has 0 radical (unpaired) electrons. The Morgan fingerprint density at radius 1 is 1.53 bits per heavy atom. The first kappa shape index (κ1) is 14.0. The van der Waals surface area contributed by atoms with Gasteiger partial charge in [0.25, 0.3) is 0 Å². The third kappa shape index (κ3) is 4.37. The summed E-state index contributed by atoms with van der Waals surface area (Å²) in [6.07, 6.45) is 2.79. The Kier molecular flexibility index (Phi) is 4.98. The molecule has 0 bridgehead atoms. The zero-order chi connectivity index (χ0) is 12.9. The second-order valence-corrected chi connectivity index (χ2v) is 5.64. The molecule has 0 spiro atoms. The van der Waals surface area contributed by atoms with Gasteiger partial charge in [0, 0.05) is 12.7 Å². The zero-order valence-electron chi connectivity index (χ0n) is 9.56. The maximum Gasteiger partial charge on any atom is 0.242 e. The van der Waals surface area contributed by atoms with Crippen molar-refractivity contribution in [3.63, 3.8) is 0 Å². The lowest BCUT2D eigenvalue weighted by molar-refractivity contribution is 0.514. The maximum absolute atomic E-state index is 12.8. The summed E-state index contributed by atoms with van der Waals surface area (Å²) in [6, 6.07) is 0.933. The van der Waals surface area contributed by atoms with Crippen LogP contribution in [0.4, 0.5) is 4.39 Å². The molecule has 0 aliphatic rings. The Hall–Kier alpha value is -1.05. The quantitative estimate of drug-likeness (QED) is 0.780. The summed E-state index contributed by atoms with van der Waals surface area (Å²) in [7, 11) is -3.69. The zero-order valence-corrected chi connectivity index (χ0v) is 10.4. The SMILES string of the molecule is CC(CCN)CNS(=O)(=O)c1cncc(F)c1. The Balaban J connectivity index is 2.69. The van der Waals surface area contributed by atoms with Gasteiger partial charge in [0.15, 0.2) is 0 Å². The van der Waals surface area contributed by atoms with Crippen molar-refractivity contribution in [3.05, 3.63) is 24.3 Å². The van der Waals surface area contributed by atoms with Crippen LogP contribution in [-0.4, -0.2) is 26.5 Å². The van der Waals surface area contributed by atoms with Crippen LogP contribution in [0.2, 0.25) is 0 Å². The highest BCUT2D eigenvalue weighted by molar-refractivity contribution is 7.89. The van der Waals surface area contributed by atoms with Crippen molar-refractivity contribution in [2.24, 2.45) is 11.7 Å². The lowest BCUT2D eigenvalue weighted by atomic mass is 10.1. The normalized spacial score (nSPS) is 13.6. The Bertz CT molecular complexity index is 464. The second-order valence-electron chi connectivity index (χ2n) is 3.87. The van der Waals surface area contributed by atoms with Gasteiger partial charge in [-0.05, 0) is 24.9 Å². The first-order valence-electron chi connectivity index (χ1n) is 5.26. The minimum absolute atomic E-state index is 0.135. The van der Waals surface area contributed by atoms with Crippen LogP contribution in [0.1, 0.15) is 13.3 Å². The Labute approximate surface area is 100 Å². The average Bonchev–Trinajstić information content (AvgIpc) is 2.27. The van der Waals surface area contributed by atoms with E-state index in [2.05, 4.69) is 9.71 Å². The van der Waals surface area contributed by atoms with Crippen LogP contribution in [0, 0.1) is 11.7 Å². The van der Waals surface area contributed by atoms with Gasteiger partial charge in [-0.25, -0.2) is 17.5 Å². The predicted octanol–water partition coefficient (Wildman–Crippen LogP) is 0.484. The highest BCUT2D eigenvalue weighted by Gasteiger charge is 2.15. The van der Waals surface area contributed by atoms with E-state index in [0.717, 1.165) is 24.9 Å². The summed E-state index contributed by atoms with van der Waals surface area (Å²) >= 11 is 0. The molecule has 3 N–H and O–H groups in total.